The van der Waals surface area contributed by atoms with Gasteiger partial charge in [0.05, 0.1) is 7.11 Å². The van der Waals surface area contributed by atoms with E-state index in [1.807, 2.05) is 0 Å². The molecule has 1 aromatic heterocycles. The predicted octanol–water partition coefficient (Wildman–Crippen LogP) is 2.80. The highest BCUT2D eigenvalue weighted by atomic mass is 16.5. The van der Waals surface area contributed by atoms with Crippen molar-refractivity contribution in [1.82, 2.24) is 5.16 Å². The summed E-state index contributed by atoms with van der Waals surface area (Å²) in [5.74, 6) is 1.89. The van der Waals surface area contributed by atoms with Crippen LogP contribution in [0, 0.1) is 6.92 Å². The Balaban J connectivity index is 1.96. The first-order chi connectivity index (χ1) is 9.19. The van der Waals surface area contributed by atoms with Crippen molar-refractivity contribution < 1.29 is 14.1 Å². The molecule has 0 saturated carbocycles. The minimum Gasteiger partial charge on any atom is -0.497 e. The molecule has 1 aromatic carbocycles. The molecule has 0 saturated heterocycles. The van der Waals surface area contributed by atoms with Crippen LogP contribution in [0.1, 0.15) is 16.1 Å². The van der Waals surface area contributed by atoms with E-state index in [1.165, 1.54) is 12.3 Å². The van der Waals surface area contributed by atoms with Gasteiger partial charge in [-0.3, -0.25) is 4.79 Å². The van der Waals surface area contributed by atoms with Gasteiger partial charge < -0.3 is 14.6 Å². The lowest BCUT2D eigenvalue weighted by Gasteiger charge is -2.00. The molecule has 0 aliphatic rings. The highest BCUT2D eigenvalue weighted by molar-refractivity contribution is 6.04. The van der Waals surface area contributed by atoms with Crippen LogP contribution >= 0.6 is 0 Å². The van der Waals surface area contributed by atoms with Crippen LogP contribution < -0.4 is 10.1 Å². The number of benzene rings is 1. The van der Waals surface area contributed by atoms with Gasteiger partial charge in [0.2, 0.25) is 0 Å². The highest BCUT2D eigenvalue weighted by Gasteiger charge is 2.02. The maximum Gasteiger partial charge on any atom is 0.187 e. The van der Waals surface area contributed by atoms with Gasteiger partial charge in [0.15, 0.2) is 11.6 Å². The van der Waals surface area contributed by atoms with Crippen LogP contribution in [0.15, 0.2) is 47.1 Å². The van der Waals surface area contributed by atoms with Crippen LogP contribution in [0.5, 0.6) is 5.75 Å². The maximum atomic E-state index is 11.8. The minimum atomic E-state index is -0.102. The second-order valence-electron chi connectivity index (χ2n) is 3.89. The first-order valence-electron chi connectivity index (χ1n) is 5.74. The molecule has 0 radical (unpaired) electrons. The number of carbonyl (C=O) groups is 1. The van der Waals surface area contributed by atoms with Gasteiger partial charge in [-0.1, -0.05) is 5.16 Å². The summed E-state index contributed by atoms with van der Waals surface area (Å²) in [4.78, 5) is 11.8. The number of anilines is 1. The molecule has 19 heavy (non-hydrogen) atoms. The monoisotopic (exact) mass is 258 g/mol. The third-order valence-electron chi connectivity index (χ3n) is 2.47. The Morgan fingerprint density at radius 2 is 2.11 bits per heavy atom. The largest absolute Gasteiger partial charge is 0.497 e. The van der Waals surface area contributed by atoms with Gasteiger partial charge in [-0.15, -0.1) is 0 Å². The molecule has 5 heteroatoms. The molecule has 0 spiro atoms. The number of aromatic nitrogens is 1. The van der Waals surface area contributed by atoms with E-state index in [4.69, 9.17) is 9.26 Å². The molecular formula is C14H14N2O3. The number of ketones is 1. The standard InChI is InChI=1S/C14H14N2O3/c1-10-9-14(16-19-10)15-8-7-13(17)11-3-5-12(18-2)6-4-11/h3-9H,1-2H3,(H,15,16). The summed E-state index contributed by atoms with van der Waals surface area (Å²) >= 11 is 0. The van der Waals surface area contributed by atoms with Crippen molar-refractivity contribution in [1.29, 1.82) is 0 Å². The smallest absolute Gasteiger partial charge is 0.187 e. The van der Waals surface area contributed by atoms with E-state index in [1.54, 1.807) is 44.4 Å². The van der Waals surface area contributed by atoms with E-state index in [2.05, 4.69) is 10.5 Å². The average Bonchev–Trinajstić information content (AvgIpc) is 2.84. The first-order valence-corrected chi connectivity index (χ1v) is 5.74. The Hall–Kier alpha value is -2.56. The Morgan fingerprint density at radius 1 is 1.37 bits per heavy atom. The van der Waals surface area contributed by atoms with Gasteiger partial charge >= 0.3 is 0 Å². The molecule has 1 N–H and O–H groups in total. The van der Waals surface area contributed by atoms with Crippen LogP contribution in [0.2, 0.25) is 0 Å². The zero-order chi connectivity index (χ0) is 13.7. The Kier molecular flexibility index (Phi) is 3.97. The van der Waals surface area contributed by atoms with E-state index in [9.17, 15) is 4.79 Å². The lowest BCUT2D eigenvalue weighted by atomic mass is 10.1. The van der Waals surface area contributed by atoms with Gasteiger partial charge in [0.1, 0.15) is 11.5 Å². The number of hydrogen-bond donors (Lipinski definition) is 1. The normalized spacial score (nSPS) is 10.6. The molecule has 2 rings (SSSR count). The molecule has 0 fully saturated rings. The SMILES string of the molecule is COc1ccc(C(=O)C=CNc2cc(C)on2)cc1. The molecule has 0 bridgehead atoms. The molecule has 5 nitrogen and oxygen atoms in total. The van der Waals surface area contributed by atoms with Crippen LogP contribution in [0.3, 0.4) is 0 Å². The predicted molar refractivity (Wildman–Crippen MR) is 71.3 cm³/mol. The van der Waals surface area contributed by atoms with Crippen molar-refractivity contribution in [3.63, 3.8) is 0 Å². The third kappa shape index (κ3) is 3.45. The number of allylic oxidation sites excluding steroid dienone is 1. The molecule has 0 aliphatic carbocycles. The van der Waals surface area contributed by atoms with E-state index in [0.29, 0.717) is 17.1 Å². The summed E-state index contributed by atoms with van der Waals surface area (Å²) in [6.07, 6.45) is 2.97. The van der Waals surface area contributed by atoms with Crippen molar-refractivity contribution in [2.45, 2.75) is 6.92 Å². The number of nitrogens with zero attached hydrogens (tertiary/aromatic N) is 1. The van der Waals surface area contributed by atoms with Gasteiger partial charge in [0.25, 0.3) is 0 Å². The van der Waals surface area contributed by atoms with Crippen molar-refractivity contribution in [2.75, 3.05) is 12.4 Å². The fourth-order valence-electron chi connectivity index (χ4n) is 1.49. The second-order valence-corrected chi connectivity index (χ2v) is 3.89. The van der Waals surface area contributed by atoms with Crippen molar-refractivity contribution >= 4 is 11.6 Å². The Labute approximate surface area is 110 Å². The van der Waals surface area contributed by atoms with Gasteiger partial charge in [0, 0.05) is 23.9 Å². The first kappa shape index (κ1) is 12.9. The van der Waals surface area contributed by atoms with Crippen LogP contribution in [0.25, 0.3) is 0 Å². The number of carbonyl (C=O) groups excluding carboxylic acids is 1. The summed E-state index contributed by atoms with van der Waals surface area (Å²) in [5.41, 5.74) is 0.593. The minimum absolute atomic E-state index is 0.102. The van der Waals surface area contributed by atoms with Crippen molar-refractivity contribution in [3.8, 4) is 5.75 Å². The molecule has 0 atom stereocenters. The molecule has 0 amide bonds. The van der Waals surface area contributed by atoms with Crippen LogP contribution in [-0.4, -0.2) is 18.0 Å². The number of nitrogens with one attached hydrogen (secondary N) is 1. The summed E-state index contributed by atoms with van der Waals surface area (Å²) in [5, 5.41) is 6.60. The van der Waals surface area contributed by atoms with Gasteiger partial charge in [-0.25, -0.2) is 0 Å². The molecule has 0 aliphatic heterocycles. The number of ether oxygens (including phenoxy) is 1. The fourth-order valence-corrected chi connectivity index (χ4v) is 1.49. The van der Waals surface area contributed by atoms with E-state index < -0.39 is 0 Å². The number of aryl methyl sites for hydroxylation is 1. The molecule has 0 unspecified atom stereocenters. The molecule has 98 valence electrons. The molecule has 1 heterocycles. The van der Waals surface area contributed by atoms with E-state index in [0.717, 1.165) is 5.75 Å². The van der Waals surface area contributed by atoms with E-state index in [-0.39, 0.29) is 5.78 Å². The number of rotatable bonds is 5. The summed E-state index contributed by atoms with van der Waals surface area (Å²) in [6.45, 7) is 1.80. The average molecular weight is 258 g/mol. The van der Waals surface area contributed by atoms with Crippen LogP contribution in [0.4, 0.5) is 5.82 Å². The Bertz CT molecular complexity index is 585. The summed E-state index contributed by atoms with van der Waals surface area (Å²) in [7, 11) is 1.58. The third-order valence-corrected chi connectivity index (χ3v) is 2.47. The summed E-state index contributed by atoms with van der Waals surface area (Å²) in [6, 6.07) is 8.66. The second kappa shape index (κ2) is 5.86. The Morgan fingerprint density at radius 3 is 2.68 bits per heavy atom. The van der Waals surface area contributed by atoms with Crippen LogP contribution in [-0.2, 0) is 0 Å². The number of hydrogen-bond acceptors (Lipinski definition) is 5. The lowest BCUT2D eigenvalue weighted by molar-refractivity contribution is 0.104. The van der Waals surface area contributed by atoms with E-state index >= 15 is 0 Å². The zero-order valence-electron chi connectivity index (χ0n) is 10.7. The summed E-state index contributed by atoms with van der Waals surface area (Å²) < 4.78 is 9.92. The fraction of sp³-hybridized carbons (Fsp3) is 0.143. The highest BCUT2D eigenvalue weighted by Crippen LogP contribution is 2.12. The molecular weight excluding hydrogens is 244 g/mol. The van der Waals surface area contributed by atoms with Crippen molar-refractivity contribution in [2.24, 2.45) is 0 Å². The topological polar surface area (TPSA) is 64.4 Å². The zero-order valence-corrected chi connectivity index (χ0v) is 10.7. The maximum absolute atomic E-state index is 11.8. The lowest BCUT2D eigenvalue weighted by Crippen LogP contribution is -1.96. The van der Waals surface area contributed by atoms with Gasteiger partial charge in [-0.2, -0.15) is 0 Å². The van der Waals surface area contributed by atoms with Crippen molar-refractivity contribution in [3.05, 3.63) is 53.9 Å². The molecule has 2 aromatic rings. The quantitative estimate of drug-likeness (QED) is 0.660. The van der Waals surface area contributed by atoms with Gasteiger partial charge in [-0.05, 0) is 31.2 Å². The number of methoxy groups -OCH3 is 1.